The molecule has 0 amide bonds. The number of aliphatic imine (C=N–C) groups is 1. The minimum atomic E-state index is 0. The predicted molar refractivity (Wildman–Crippen MR) is 96.1 cm³/mol. The lowest BCUT2D eigenvalue weighted by molar-refractivity contribution is 0.737. The molecule has 7 heteroatoms. The standard InChI is InChI=1S/C14H22N6.HI/c1-2-3-9-16-14(15)17-10-6-8-13-19-18-12-7-4-5-11-20(12)13;/h4-5,7,11H,2-3,6,8-10H2,1H3,(H3,15,16,17);1H. The molecule has 0 saturated carbocycles. The van der Waals surface area contributed by atoms with Crippen LogP contribution >= 0.6 is 24.0 Å². The van der Waals surface area contributed by atoms with Crippen LogP contribution in [0.15, 0.2) is 29.4 Å². The molecule has 0 fully saturated rings. The van der Waals surface area contributed by atoms with Gasteiger partial charge in [0.15, 0.2) is 11.6 Å². The number of nitrogens with one attached hydrogen (secondary N) is 1. The van der Waals surface area contributed by atoms with Gasteiger partial charge in [0.05, 0.1) is 0 Å². The van der Waals surface area contributed by atoms with Crippen LogP contribution in [0, 0.1) is 0 Å². The normalized spacial score (nSPS) is 11.4. The summed E-state index contributed by atoms with van der Waals surface area (Å²) in [7, 11) is 0. The number of rotatable bonds is 7. The summed E-state index contributed by atoms with van der Waals surface area (Å²) in [4.78, 5) is 4.30. The Kier molecular flexibility index (Phi) is 8.03. The Morgan fingerprint density at radius 2 is 2.19 bits per heavy atom. The van der Waals surface area contributed by atoms with Gasteiger partial charge in [0, 0.05) is 25.7 Å². The highest BCUT2D eigenvalue weighted by Crippen LogP contribution is 2.04. The Bertz CT molecular complexity index is 565. The van der Waals surface area contributed by atoms with Gasteiger partial charge in [-0.3, -0.25) is 9.39 Å². The molecule has 2 aromatic rings. The predicted octanol–water partition coefficient (Wildman–Crippen LogP) is 1.98. The van der Waals surface area contributed by atoms with Crippen molar-refractivity contribution in [3.63, 3.8) is 0 Å². The first-order valence-corrected chi connectivity index (χ1v) is 7.13. The third kappa shape index (κ3) is 5.49. The van der Waals surface area contributed by atoms with Crippen LogP contribution in [-0.2, 0) is 6.42 Å². The highest BCUT2D eigenvalue weighted by molar-refractivity contribution is 14.0. The van der Waals surface area contributed by atoms with Crippen molar-refractivity contribution in [1.82, 2.24) is 19.9 Å². The van der Waals surface area contributed by atoms with E-state index in [9.17, 15) is 0 Å². The first-order valence-electron chi connectivity index (χ1n) is 7.13. The lowest BCUT2D eigenvalue weighted by atomic mass is 10.3. The van der Waals surface area contributed by atoms with Crippen molar-refractivity contribution < 1.29 is 0 Å². The maximum atomic E-state index is 5.77. The smallest absolute Gasteiger partial charge is 0.188 e. The van der Waals surface area contributed by atoms with E-state index in [-0.39, 0.29) is 24.0 Å². The monoisotopic (exact) mass is 402 g/mol. The van der Waals surface area contributed by atoms with E-state index >= 15 is 0 Å². The Morgan fingerprint density at radius 1 is 1.33 bits per heavy atom. The van der Waals surface area contributed by atoms with E-state index in [0.717, 1.165) is 43.7 Å². The van der Waals surface area contributed by atoms with Gasteiger partial charge in [0.2, 0.25) is 0 Å². The second-order valence-electron chi connectivity index (χ2n) is 4.70. The first kappa shape index (κ1) is 17.7. The molecule has 0 aliphatic rings. The Labute approximate surface area is 142 Å². The van der Waals surface area contributed by atoms with E-state index in [2.05, 4.69) is 27.4 Å². The molecule has 0 bridgehead atoms. The molecule has 0 spiro atoms. The summed E-state index contributed by atoms with van der Waals surface area (Å²) in [5.74, 6) is 1.50. The van der Waals surface area contributed by atoms with E-state index in [1.807, 2.05) is 28.8 Å². The molecule has 0 saturated heterocycles. The van der Waals surface area contributed by atoms with Gasteiger partial charge in [-0.25, -0.2) is 0 Å². The van der Waals surface area contributed by atoms with E-state index in [0.29, 0.717) is 12.5 Å². The molecule has 116 valence electrons. The third-order valence-corrected chi connectivity index (χ3v) is 3.06. The second kappa shape index (κ2) is 9.54. The van der Waals surface area contributed by atoms with Crippen molar-refractivity contribution in [2.24, 2.45) is 10.7 Å². The zero-order valence-corrected chi connectivity index (χ0v) is 14.7. The lowest BCUT2D eigenvalue weighted by Gasteiger charge is -2.04. The summed E-state index contributed by atoms with van der Waals surface area (Å²) in [6.45, 7) is 3.74. The van der Waals surface area contributed by atoms with Crippen LogP contribution < -0.4 is 11.1 Å². The molecule has 3 N–H and O–H groups in total. The van der Waals surface area contributed by atoms with E-state index in [4.69, 9.17) is 5.73 Å². The fourth-order valence-corrected chi connectivity index (χ4v) is 1.95. The van der Waals surface area contributed by atoms with Crippen LogP contribution in [0.3, 0.4) is 0 Å². The topological polar surface area (TPSA) is 80.6 Å². The molecule has 2 rings (SSSR count). The number of halogens is 1. The van der Waals surface area contributed by atoms with Gasteiger partial charge in [-0.05, 0) is 25.0 Å². The molecular formula is C14H23IN6. The van der Waals surface area contributed by atoms with E-state index in [1.165, 1.54) is 0 Å². The van der Waals surface area contributed by atoms with Crippen LogP contribution in [-0.4, -0.2) is 33.6 Å². The fraction of sp³-hybridized carbons (Fsp3) is 0.500. The molecule has 0 aromatic carbocycles. The molecular weight excluding hydrogens is 379 g/mol. The number of guanidine groups is 1. The van der Waals surface area contributed by atoms with E-state index < -0.39 is 0 Å². The summed E-state index contributed by atoms with van der Waals surface area (Å²) in [6.07, 6.45) is 6.00. The average molecular weight is 402 g/mol. The van der Waals surface area contributed by atoms with Crippen LogP contribution in [0.2, 0.25) is 0 Å². The second-order valence-corrected chi connectivity index (χ2v) is 4.70. The number of nitrogens with zero attached hydrogens (tertiary/aromatic N) is 4. The van der Waals surface area contributed by atoms with Crippen molar-refractivity contribution in [2.75, 3.05) is 13.1 Å². The molecule has 2 heterocycles. The Morgan fingerprint density at radius 3 is 3.00 bits per heavy atom. The zero-order chi connectivity index (χ0) is 14.2. The van der Waals surface area contributed by atoms with Crippen LogP contribution in [0.1, 0.15) is 32.0 Å². The number of aryl methyl sites for hydroxylation is 1. The molecule has 6 nitrogen and oxygen atoms in total. The Balaban J connectivity index is 0.00000220. The van der Waals surface area contributed by atoms with Crippen molar-refractivity contribution >= 4 is 35.6 Å². The first-order chi connectivity index (χ1) is 9.81. The number of unbranched alkanes of at least 4 members (excludes halogenated alkanes) is 1. The largest absolute Gasteiger partial charge is 0.370 e. The van der Waals surface area contributed by atoms with Crippen molar-refractivity contribution in [3.05, 3.63) is 30.2 Å². The number of hydrogen-bond acceptors (Lipinski definition) is 3. The van der Waals surface area contributed by atoms with Gasteiger partial charge < -0.3 is 11.1 Å². The number of hydrogen-bond donors (Lipinski definition) is 2. The number of nitrogens with two attached hydrogens (primary N) is 1. The highest BCUT2D eigenvalue weighted by atomic mass is 127. The summed E-state index contributed by atoms with van der Waals surface area (Å²) < 4.78 is 2.01. The van der Waals surface area contributed by atoms with Crippen LogP contribution in [0.25, 0.3) is 5.65 Å². The van der Waals surface area contributed by atoms with Gasteiger partial charge in [-0.1, -0.05) is 19.4 Å². The number of pyridine rings is 1. The summed E-state index contributed by atoms with van der Waals surface area (Å²) >= 11 is 0. The summed E-state index contributed by atoms with van der Waals surface area (Å²) in [6, 6.07) is 5.89. The van der Waals surface area contributed by atoms with Crippen molar-refractivity contribution in [3.8, 4) is 0 Å². The van der Waals surface area contributed by atoms with Gasteiger partial charge in [0.25, 0.3) is 0 Å². The molecule has 0 aliphatic carbocycles. The van der Waals surface area contributed by atoms with Crippen LogP contribution in [0.5, 0.6) is 0 Å². The fourth-order valence-electron chi connectivity index (χ4n) is 1.95. The number of aromatic nitrogens is 3. The minimum absolute atomic E-state index is 0. The SMILES string of the molecule is CCCCNC(N)=NCCCc1nnc2ccccn12.I. The van der Waals surface area contributed by atoms with Gasteiger partial charge in [-0.2, -0.15) is 0 Å². The molecule has 0 aliphatic heterocycles. The maximum Gasteiger partial charge on any atom is 0.188 e. The lowest BCUT2D eigenvalue weighted by Crippen LogP contribution is -2.32. The van der Waals surface area contributed by atoms with Crippen molar-refractivity contribution in [1.29, 1.82) is 0 Å². The maximum absolute atomic E-state index is 5.77. The molecule has 21 heavy (non-hydrogen) atoms. The molecule has 0 atom stereocenters. The molecule has 0 radical (unpaired) electrons. The van der Waals surface area contributed by atoms with Crippen LogP contribution in [0.4, 0.5) is 0 Å². The summed E-state index contributed by atoms with van der Waals surface area (Å²) in [5, 5.41) is 11.4. The van der Waals surface area contributed by atoms with Crippen molar-refractivity contribution in [2.45, 2.75) is 32.6 Å². The van der Waals surface area contributed by atoms with Gasteiger partial charge in [-0.15, -0.1) is 34.2 Å². The Hall–Kier alpha value is -1.38. The van der Waals surface area contributed by atoms with E-state index in [1.54, 1.807) is 0 Å². The average Bonchev–Trinajstić information content (AvgIpc) is 2.87. The minimum Gasteiger partial charge on any atom is -0.370 e. The van der Waals surface area contributed by atoms with Gasteiger partial charge in [0.1, 0.15) is 5.82 Å². The number of fused-ring (bicyclic) bond motifs is 1. The summed E-state index contributed by atoms with van der Waals surface area (Å²) in [5.41, 5.74) is 6.65. The third-order valence-electron chi connectivity index (χ3n) is 3.06. The quantitative estimate of drug-likeness (QED) is 0.321. The molecule has 0 unspecified atom stereocenters. The highest BCUT2D eigenvalue weighted by Gasteiger charge is 2.03. The molecule has 2 aromatic heterocycles. The van der Waals surface area contributed by atoms with Gasteiger partial charge >= 0.3 is 0 Å². The zero-order valence-electron chi connectivity index (χ0n) is 12.3.